The molecule has 0 N–H and O–H groups in total. The molecule has 0 fully saturated rings. The third-order valence-corrected chi connectivity index (χ3v) is 3.24. The van der Waals surface area contributed by atoms with Crippen molar-refractivity contribution in [3.05, 3.63) is 36.2 Å². The van der Waals surface area contributed by atoms with E-state index < -0.39 is 0 Å². The van der Waals surface area contributed by atoms with Crippen molar-refractivity contribution in [1.29, 1.82) is 0 Å². The molecule has 0 aliphatic rings. The van der Waals surface area contributed by atoms with Crippen LogP contribution in [0.3, 0.4) is 0 Å². The molecule has 0 saturated heterocycles. The number of hydrogen-bond donors (Lipinski definition) is 0. The summed E-state index contributed by atoms with van der Waals surface area (Å²) in [7, 11) is 4.05. The summed E-state index contributed by atoms with van der Waals surface area (Å²) in [5, 5.41) is 3.98. The van der Waals surface area contributed by atoms with Gasteiger partial charge in [-0.05, 0) is 12.1 Å². The van der Waals surface area contributed by atoms with E-state index in [1.165, 1.54) is 5.69 Å². The van der Waals surface area contributed by atoms with Crippen molar-refractivity contribution in [2.45, 2.75) is 19.8 Å². The largest absolute Gasteiger partial charge is 0.373 e. The molecular weight excluding hydrogens is 252 g/mol. The fourth-order valence-electron chi connectivity index (χ4n) is 1.82. The maximum absolute atomic E-state index is 5.27. The average molecular weight is 274 g/mol. The summed E-state index contributed by atoms with van der Waals surface area (Å²) in [6, 6.07) is 10.9. The molecule has 0 aliphatic heterocycles. The molecular formula is C15H22N4O. The molecule has 0 spiro atoms. The molecule has 2 rings (SSSR count). The first kappa shape index (κ1) is 14.4. The monoisotopic (exact) mass is 274 g/mol. The first-order valence-electron chi connectivity index (χ1n) is 6.89. The van der Waals surface area contributed by atoms with Gasteiger partial charge >= 0.3 is 6.01 Å². The van der Waals surface area contributed by atoms with Crippen molar-refractivity contribution in [1.82, 2.24) is 10.1 Å². The molecule has 0 saturated carbocycles. The summed E-state index contributed by atoms with van der Waals surface area (Å²) in [6.45, 7) is 5.82. The Kier molecular flexibility index (Phi) is 4.61. The number of aromatic nitrogens is 2. The fourth-order valence-corrected chi connectivity index (χ4v) is 1.82. The summed E-state index contributed by atoms with van der Waals surface area (Å²) < 4.78 is 5.27. The van der Waals surface area contributed by atoms with Crippen LogP contribution in [0.1, 0.15) is 25.6 Å². The van der Waals surface area contributed by atoms with Crippen LogP contribution >= 0.6 is 0 Å². The zero-order valence-electron chi connectivity index (χ0n) is 12.6. The van der Waals surface area contributed by atoms with Crippen molar-refractivity contribution < 1.29 is 4.52 Å². The molecule has 0 radical (unpaired) electrons. The zero-order valence-corrected chi connectivity index (χ0v) is 12.6. The topological polar surface area (TPSA) is 45.4 Å². The van der Waals surface area contributed by atoms with Crippen molar-refractivity contribution in [2.24, 2.45) is 0 Å². The number of likely N-dealkylation sites (N-methyl/N-ethyl adjacent to an activating group) is 2. The van der Waals surface area contributed by atoms with Crippen LogP contribution in [0.4, 0.5) is 11.7 Å². The highest BCUT2D eigenvalue weighted by Gasteiger charge is 2.13. The van der Waals surface area contributed by atoms with Gasteiger partial charge in [0.1, 0.15) is 0 Å². The van der Waals surface area contributed by atoms with Crippen molar-refractivity contribution in [3.8, 4) is 0 Å². The van der Waals surface area contributed by atoms with Gasteiger partial charge in [-0.15, -0.1) is 0 Å². The third kappa shape index (κ3) is 3.50. The lowest BCUT2D eigenvalue weighted by Gasteiger charge is -2.22. The fraction of sp³-hybridized carbons (Fsp3) is 0.467. The molecule has 0 unspecified atom stereocenters. The van der Waals surface area contributed by atoms with Gasteiger partial charge < -0.3 is 14.3 Å². The van der Waals surface area contributed by atoms with Gasteiger partial charge in [0.05, 0.1) is 0 Å². The number of rotatable bonds is 6. The van der Waals surface area contributed by atoms with Crippen LogP contribution in [-0.2, 0) is 0 Å². The number of hydrogen-bond acceptors (Lipinski definition) is 5. The van der Waals surface area contributed by atoms with E-state index in [9.17, 15) is 0 Å². The van der Waals surface area contributed by atoms with Gasteiger partial charge in [-0.2, -0.15) is 4.98 Å². The number of benzene rings is 1. The highest BCUT2D eigenvalue weighted by molar-refractivity contribution is 5.45. The molecule has 5 nitrogen and oxygen atoms in total. The predicted molar refractivity (Wildman–Crippen MR) is 81.4 cm³/mol. The Balaban J connectivity index is 1.90. The lowest BCUT2D eigenvalue weighted by molar-refractivity contribution is 0.408. The normalized spacial score (nSPS) is 10.8. The van der Waals surface area contributed by atoms with Crippen LogP contribution in [0, 0.1) is 0 Å². The van der Waals surface area contributed by atoms with Gasteiger partial charge in [0.2, 0.25) is 0 Å². The maximum Gasteiger partial charge on any atom is 0.323 e. The average Bonchev–Trinajstić information content (AvgIpc) is 2.95. The highest BCUT2D eigenvalue weighted by atomic mass is 16.5. The summed E-state index contributed by atoms with van der Waals surface area (Å²) in [5.74, 6) is 1.04. The molecule has 1 heterocycles. The summed E-state index contributed by atoms with van der Waals surface area (Å²) in [5.41, 5.74) is 1.20. The highest BCUT2D eigenvalue weighted by Crippen LogP contribution is 2.16. The quantitative estimate of drug-likeness (QED) is 0.810. The molecule has 1 aromatic carbocycles. The van der Waals surface area contributed by atoms with Gasteiger partial charge in [0.25, 0.3) is 0 Å². The van der Waals surface area contributed by atoms with Crippen LogP contribution in [0.5, 0.6) is 0 Å². The Morgan fingerprint density at radius 2 is 1.70 bits per heavy atom. The molecule has 20 heavy (non-hydrogen) atoms. The van der Waals surface area contributed by atoms with Crippen LogP contribution < -0.4 is 9.80 Å². The van der Waals surface area contributed by atoms with E-state index in [-0.39, 0.29) is 5.92 Å². The number of para-hydroxylation sites is 1. The van der Waals surface area contributed by atoms with Crippen LogP contribution in [0.2, 0.25) is 0 Å². The standard InChI is InChI=1S/C15H22N4O/c1-12(2)14-16-15(20-17-14)19(4)11-10-18(3)13-8-6-5-7-9-13/h5-9,12H,10-11H2,1-4H3. The van der Waals surface area contributed by atoms with Gasteiger partial charge in [-0.1, -0.05) is 37.2 Å². The second-order valence-corrected chi connectivity index (χ2v) is 5.27. The minimum absolute atomic E-state index is 0.285. The Bertz CT molecular complexity index is 524. The summed E-state index contributed by atoms with van der Waals surface area (Å²) in [6.07, 6.45) is 0. The van der Waals surface area contributed by atoms with E-state index in [1.807, 2.05) is 30.1 Å². The Hall–Kier alpha value is -2.04. The summed E-state index contributed by atoms with van der Waals surface area (Å²) in [4.78, 5) is 8.58. The van der Waals surface area contributed by atoms with Crippen LogP contribution in [-0.4, -0.2) is 37.3 Å². The molecule has 108 valence electrons. The first-order valence-corrected chi connectivity index (χ1v) is 6.89. The second kappa shape index (κ2) is 6.41. The Labute approximate surface area is 120 Å². The smallest absolute Gasteiger partial charge is 0.323 e. The van der Waals surface area contributed by atoms with E-state index in [4.69, 9.17) is 4.52 Å². The molecule has 0 atom stereocenters. The predicted octanol–water partition coefficient (Wildman–Crippen LogP) is 2.77. The van der Waals surface area contributed by atoms with Gasteiger partial charge in [-0.25, -0.2) is 0 Å². The van der Waals surface area contributed by atoms with E-state index >= 15 is 0 Å². The molecule has 0 aliphatic carbocycles. The minimum atomic E-state index is 0.285. The second-order valence-electron chi connectivity index (χ2n) is 5.27. The molecule has 5 heteroatoms. The third-order valence-electron chi connectivity index (χ3n) is 3.24. The van der Waals surface area contributed by atoms with Crippen molar-refractivity contribution >= 4 is 11.7 Å². The Morgan fingerprint density at radius 3 is 2.30 bits per heavy atom. The summed E-state index contributed by atoms with van der Waals surface area (Å²) >= 11 is 0. The molecule has 0 bridgehead atoms. The Morgan fingerprint density at radius 1 is 1.05 bits per heavy atom. The maximum atomic E-state index is 5.27. The number of nitrogens with zero attached hydrogens (tertiary/aromatic N) is 4. The van der Waals surface area contributed by atoms with Crippen LogP contribution in [0.25, 0.3) is 0 Å². The number of anilines is 2. The molecule has 2 aromatic rings. The minimum Gasteiger partial charge on any atom is -0.373 e. The van der Waals surface area contributed by atoms with E-state index in [0.29, 0.717) is 6.01 Å². The van der Waals surface area contributed by atoms with Crippen molar-refractivity contribution in [2.75, 3.05) is 37.0 Å². The zero-order chi connectivity index (χ0) is 14.5. The van der Waals surface area contributed by atoms with E-state index in [0.717, 1.165) is 18.9 Å². The van der Waals surface area contributed by atoms with Crippen LogP contribution in [0.15, 0.2) is 34.9 Å². The lowest BCUT2D eigenvalue weighted by Crippen LogP contribution is -2.30. The SMILES string of the molecule is CC(C)c1noc(N(C)CCN(C)c2ccccc2)n1. The lowest BCUT2D eigenvalue weighted by atomic mass is 10.2. The molecule has 1 aromatic heterocycles. The van der Waals surface area contributed by atoms with Gasteiger partial charge in [0, 0.05) is 38.8 Å². The first-order chi connectivity index (χ1) is 9.58. The molecule has 0 amide bonds. The van der Waals surface area contributed by atoms with Crippen molar-refractivity contribution in [3.63, 3.8) is 0 Å². The van der Waals surface area contributed by atoms with Gasteiger partial charge in [-0.3, -0.25) is 0 Å². The van der Waals surface area contributed by atoms with Gasteiger partial charge in [0.15, 0.2) is 5.82 Å². The van der Waals surface area contributed by atoms with E-state index in [1.54, 1.807) is 0 Å². The van der Waals surface area contributed by atoms with E-state index in [2.05, 4.69) is 48.1 Å².